The molecule has 0 aromatic rings. The summed E-state index contributed by atoms with van der Waals surface area (Å²) in [5.74, 6) is 0. The third-order valence-electron chi connectivity index (χ3n) is 1.22. The van der Waals surface area contributed by atoms with Crippen molar-refractivity contribution >= 4 is 6.34 Å². The van der Waals surface area contributed by atoms with Gasteiger partial charge in [-0.3, -0.25) is 0 Å². The van der Waals surface area contributed by atoms with Crippen LogP contribution < -0.4 is 0 Å². The second kappa shape index (κ2) is 3.47. The van der Waals surface area contributed by atoms with Gasteiger partial charge >= 0.3 is 6.18 Å². The molecule has 1 heterocycles. The molecule has 1 atom stereocenters. The van der Waals surface area contributed by atoms with Crippen molar-refractivity contribution < 1.29 is 22.0 Å². The number of hydrogen-bond donors (Lipinski definition) is 0. The highest BCUT2D eigenvalue weighted by atomic mass is 19.4. The first-order valence-corrected chi connectivity index (χ1v) is 3.23. The van der Waals surface area contributed by atoms with E-state index in [4.69, 9.17) is 0 Å². The van der Waals surface area contributed by atoms with Crippen molar-refractivity contribution in [2.75, 3.05) is 6.54 Å². The molecule has 0 bridgehead atoms. The molecular formula is C6H4F5N2. The van der Waals surface area contributed by atoms with E-state index in [1.54, 1.807) is 12.9 Å². The summed E-state index contributed by atoms with van der Waals surface area (Å²) in [4.78, 5) is 3.34. The van der Waals surface area contributed by atoms with Crippen molar-refractivity contribution in [2.24, 2.45) is 4.99 Å². The molecule has 0 saturated heterocycles. The SMILES string of the molecule is FC(F)CN1[C]C(C(F)(F)F)N=[C]1. The third kappa shape index (κ3) is 2.82. The maximum Gasteiger partial charge on any atom is 0.413 e. The number of aliphatic imine (C=N–C) groups is 1. The van der Waals surface area contributed by atoms with Crippen LogP contribution in [0.25, 0.3) is 0 Å². The molecule has 0 N–H and O–H groups in total. The van der Waals surface area contributed by atoms with Crippen LogP contribution in [0.1, 0.15) is 0 Å². The molecule has 13 heavy (non-hydrogen) atoms. The molecule has 1 rings (SSSR count). The number of halogens is 5. The van der Waals surface area contributed by atoms with E-state index in [-0.39, 0.29) is 0 Å². The van der Waals surface area contributed by atoms with E-state index in [1.807, 2.05) is 0 Å². The van der Waals surface area contributed by atoms with Gasteiger partial charge in [0.1, 0.15) is 6.54 Å². The minimum Gasteiger partial charge on any atom is -0.335 e. The van der Waals surface area contributed by atoms with Crippen molar-refractivity contribution in [3.8, 4) is 0 Å². The fourth-order valence-electron chi connectivity index (χ4n) is 0.711. The normalized spacial score (nSPS) is 23.2. The van der Waals surface area contributed by atoms with Crippen LogP contribution in [0, 0.1) is 6.54 Å². The maximum atomic E-state index is 11.9. The minimum absolute atomic E-state index is 0.489. The molecule has 0 spiro atoms. The monoisotopic (exact) mass is 199 g/mol. The second-order valence-electron chi connectivity index (χ2n) is 2.30. The van der Waals surface area contributed by atoms with Crippen LogP contribution in [-0.4, -0.2) is 36.4 Å². The van der Waals surface area contributed by atoms with E-state index in [1.165, 1.54) is 0 Å². The third-order valence-corrected chi connectivity index (χ3v) is 1.22. The Morgan fingerprint density at radius 2 is 2.00 bits per heavy atom. The Balaban J connectivity index is 2.43. The van der Waals surface area contributed by atoms with Crippen LogP contribution in [0.15, 0.2) is 4.99 Å². The standard InChI is InChI=1S/C6H4F5N2/c7-5(8)2-13-1-4(12-3-13)6(9,10)11/h4-5H,2H2. The van der Waals surface area contributed by atoms with Gasteiger partial charge in [0.25, 0.3) is 6.43 Å². The zero-order valence-corrected chi connectivity index (χ0v) is 6.15. The first-order chi connectivity index (χ1) is 5.89. The average molecular weight is 199 g/mol. The lowest BCUT2D eigenvalue weighted by Crippen LogP contribution is -2.31. The van der Waals surface area contributed by atoms with Crippen LogP contribution in [0.5, 0.6) is 0 Å². The Hall–Kier alpha value is -0.880. The van der Waals surface area contributed by atoms with E-state index in [9.17, 15) is 22.0 Å². The van der Waals surface area contributed by atoms with Crippen molar-refractivity contribution in [3.63, 3.8) is 0 Å². The first-order valence-electron chi connectivity index (χ1n) is 3.23. The number of nitrogens with zero attached hydrogens (tertiary/aromatic N) is 2. The Bertz CT molecular complexity index is 200. The molecule has 0 aromatic heterocycles. The molecule has 7 heteroatoms. The molecule has 0 fully saturated rings. The summed E-state index contributed by atoms with van der Waals surface area (Å²) in [6.45, 7) is 0.848. The lowest BCUT2D eigenvalue weighted by molar-refractivity contribution is -0.140. The van der Waals surface area contributed by atoms with Crippen molar-refractivity contribution in [3.05, 3.63) is 6.54 Å². The van der Waals surface area contributed by atoms with E-state index < -0.39 is 25.2 Å². The van der Waals surface area contributed by atoms with Gasteiger partial charge in [-0.15, -0.1) is 0 Å². The van der Waals surface area contributed by atoms with Gasteiger partial charge in [-0.1, -0.05) is 0 Å². The van der Waals surface area contributed by atoms with Gasteiger partial charge in [0, 0.05) is 0 Å². The molecule has 1 aliphatic heterocycles. The maximum absolute atomic E-state index is 11.9. The predicted molar refractivity (Wildman–Crippen MR) is 33.2 cm³/mol. The first kappa shape index (κ1) is 10.2. The smallest absolute Gasteiger partial charge is 0.335 e. The highest BCUT2D eigenvalue weighted by Crippen LogP contribution is 2.28. The lowest BCUT2D eigenvalue weighted by atomic mass is 10.3. The number of hydrogen-bond acceptors (Lipinski definition) is 2. The molecule has 2 nitrogen and oxygen atoms in total. The van der Waals surface area contributed by atoms with Gasteiger partial charge in [0.05, 0.1) is 6.54 Å². The van der Waals surface area contributed by atoms with Gasteiger partial charge in [-0.05, 0) is 0 Å². The zero-order valence-electron chi connectivity index (χ0n) is 6.15. The zero-order chi connectivity index (χ0) is 10.1. The highest BCUT2D eigenvalue weighted by Gasteiger charge is 2.44. The number of rotatable bonds is 2. The van der Waals surface area contributed by atoms with Gasteiger partial charge in [0.2, 0.25) is 0 Å². The summed E-state index contributed by atoms with van der Waals surface area (Å²) >= 11 is 0. The van der Waals surface area contributed by atoms with Gasteiger partial charge in [-0.2, -0.15) is 13.2 Å². The summed E-state index contributed by atoms with van der Waals surface area (Å²) < 4.78 is 58.9. The van der Waals surface area contributed by atoms with Gasteiger partial charge in [-0.25, -0.2) is 13.8 Å². The lowest BCUT2D eigenvalue weighted by Gasteiger charge is -2.14. The Kier molecular flexibility index (Phi) is 2.72. The second-order valence-corrected chi connectivity index (χ2v) is 2.30. The summed E-state index contributed by atoms with van der Waals surface area (Å²) in [5, 5.41) is 0. The van der Waals surface area contributed by atoms with Crippen molar-refractivity contribution in [1.29, 1.82) is 0 Å². The van der Waals surface area contributed by atoms with Crippen molar-refractivity contribution in [1.82, 2.24) is 4.90 Å². The van der Waals surface area contributed by atoms with E-state index >= 15 is 0 Å². The summed E-state index contributed by atoms with van der Waals surface area (Å²) in [6.07, 6.45) is -5.52. The predicted octanol–water partition coefficient (Wildman–Crippen LogP) is 1.44. The van der Waals surface area contributed by atoms with Crippen molar-refractivity contribution in [2.45, 2.75) is 18.6 Å². The molecule has 0 saturated carbocycles. The largest absolute Gasteiger partial charge is 0.413 e. The topological polar surface area (TPSA) is 15.6 Å². The molecule has 0 aliphatic carbocycles. The molecular weight excluding hydrogens is 195 g/mol. The summed E-state index contributed by atoms with van der Waals surface area (Å²) in [7, 11) is 0. The molecule has 73 valence electrons. The molecule has 0 aromatic carbocycles. The average Bonchev–Trinajstić information content (AvgIpc) is 2.32. The van der Waals surface area contributed by atoms with Gasteiger partial charge in [0.15, 0.2) is 12.4 Å². The summed E-state index contributed by atoms with van der Waals surface area (Å²) in [6, 6.07) is -2.16. The van der Waals surface area contributed by atoms with Crippen LogP contribution in [0.2, 0.25) is 0 Å². The van der Waals surface area contributed by atoms with E-state index in [0.717, 1.165) is 0 Å². The minimum atomic E-state index is -4.58. The fraction of sp³-hybridized carbons (Fsp3) is 0.667. The number of alkyl halides is 5. The Labute approximate surface area is 71.0 Å². The molecule has 1 aliphatic rings. The van der Waals surface area contributed by atoms with Crippen LogP contribution in [-0.2, 0) is 0 Å². The quantitative estimate of drug-likeness (QED) is 0.614. The molecule has 1 unspecified atom stereocenters. The summed E-state index contributed by atoms with van der Waals surface area (Å²) in [5.41, 5.74) is 0. The van der Waals surface area contributed by atoms with E-state index in [2.05, 4.69) is 4.99 Å². The fourth-order valence-corrected chi connectivity index (χ4v) is 0.711. The Morgan fingerprint density at radius 3 is 2.38 bits per heavy atom. The van der Waals surface area contributed by atoms with Gasteiger partial charge < -0.3 is 4.90 Å². The Morgan fingerprint density at radius 1 is 1.38 bits per heavy atom. The molecule has 3 radical (unpaired) electrons. The molecule has 0 amide bonds. The van der Waals surface area contributed by atoms with Crippen LogP contribution in [0.4, 0.5) is 22.0 Å². The highest BCUT2D eigenvalue weighted by molar-refractivity contribution is 5.60. The van der Waals surface area contributed by atoms with E-state index in [0.29, 0.717) is 4.90 Å². The van der Waals surface area contributed by atoms with Crippen LogP contribution in [0.3, 0.4) is 0 Å². The van der Waals surface area contributed by atoms with Crippen LogP contribution >= 0.6 is 0 Å².